The van der Waals surface area contributed by atoms with E-state index in [0.717, 1.165) is 56.8 Å². The number of hydrogen-bond acceptors (Lipinski definition) is 3. The van der Waals surface area contributed by atoms with Crippen LogP contribution in [0.4, 0.5) is 4.39 Å². The number of rotatable bonds is 4. The molecule has 1 atom stereocenters. The Bertz CT molecular complexity index is 831. The minimum atomic E-state index is -0.258. The van der Waals surface area contributed by atoms with Crippen LogP contribution in [0.1, 0.15) is 36.3 Å². The zero-order chi connectivity index (χ0) is 19.0. The molecule has 4 rings (SSSR count). The fourth-order valence-corrected chi connectivity index (χ4v) is 4.51. The maximum Gasteiger partial charge on any atom is 0.230 e. The van der Waals surface area contributed by atoms with Gasteiger partial charge in [-0.3, -0.25) is 9.69 Å². The van der Waals surface area contributed by atoms with Crippen molar-refractivity contribution >= 4 is 5.91 Å². The van der Waals surface area contributed by atoms with E-state index in [-0.39, 0.29) is 17.1 Å². The van der Waals surface area contributed by atoms with Gasteiger partial charge in [-0.15, -0.1) is 0 Å². The molecule has 3 heterocycles. The number of amides is 1. The quantitative estimate of drug-likeness (QED) is 0.831. The maximum atomic E-state index is 13.3. The van der Waals surface area contributed by atoms with Crippen LogP contribution >= 0.6 is 0 Å². The molecule has 0 saturated carbocycles. The van der Waals surface area contributed by atoms with E-state index in [1.165, 1.54) is 17.8 Å². The number of hydrogen-bond donors (Lipinski definition) is 0. The molecule has 0 bridgehead atoms. The fourth-order valence-electron chi connectivity index (χ4n) is 4.51. The SMILES string of the molecule is Cc1ncc(CN2CC[C@]3(CCCN(Cc4ccc(F)cc4)C3=O)C2)n1C. The van der Waals surface area contributed by atoms with Crippen molar-refractivity contribution in [3.8, 4) is 0 Å². The Morgan fingerprint density at radius 3 is 2.63 bits per heavy atom. The van der Waals surface area contributed by atoms with Crippen molar-refractivity contribution in [3.63, 3.8) is 0 Å². The number of piperidine rings is 1. The summed E-state index contributed by atoms with van der Waals surface area (Å²) in [5.41, 5.74) is 1.92. The van der Waals surface area contributed by atoms with Crippen molar-refractivity contribution in [1.82, 2.24) is 19.4 Å². The van der Waals surface area contributed by atoms with Gasteiger partial charge in [0, 0.05) is 39.4 Å². The highest BCUT2D eigenvalue weighted by Gasteiger charge is 2.48. The number of halogens is 1. The Kier molecular flexibility index (Phi) is 4.76. The van der Waals surface area contributed by atoms with Crippen molar-refractivity contribution in [1.29, 1.82) is 0 Å². The van der Waals surface area contributed by atoms with Crippen LogP contribution in [0.3, 0.4) is 0 Å². The van der Waals surface area contributed by atoms with Gasteiger partial charge in [-0.05, 0) is 50.4 Å². The smallest absolute Gasteiger partial charge is 0.230 e. The van der Waals surface area contributed by atoms with Crippen LogP contribution in [-0.4, -0.2) is 44.9 Å². The predicted molar refractivity (Wildman–Crippen MR) is 101 cm³/mol. The molecular weight excluding hydrogens is 343 g/mol. The average molecular weight is 370 g/mol. The largest absolute Gasteiger partial charge is 0.338 e. The molecule has 1 aromatic heterocycles. The Labute approximate surface area is 159 Å². The molecule has 2 saturated heterocycles. The third kappa shape index (κ3) is 3.50. The number of carbonyl (C=O) groups is 1. The van der Waals surface area contributed by atoms with Crippen LogP contribution in [0.5, 0.6) is 0 Å². The first kappa shape index (κ1) is 18.2. The normalized spacial score (nSPS) is 23.5. The second-order valence-electron chi connectivity index (χ2n) is 8.05. The summed E-state index contributed by atoms with van der Waals surface area (Å²) in [5, 5.41) is 0. The Hall–Kier alpha value is -2.21. The highest BCUT2D eigenvalue weighted by molar-refractivity contribution is 5.84. The standard InChI is InChI=1S/C21H27FN4O/c1-16-23-12-19(24(16)2)14-25-11-9-21(15-25)8-3-10-26(20(21)27)13-17-4-6-18(22)7-5-17/h4-7,12H,3,8-11,13-15H2,1-2H3/t21-/m1/s1. The highest BCUT2D eigenvalue weighted by Crippen LogP contribution is 2.41. The lowest BCUT2D eigenvalue weighted by Gasteiger charge is -2.39. The summed E-state index contributed by atoms with van der Waals surface area (Å²) < 4.78 is 15.3. The summed E-state index contributed by atoms with van der Waals surface area (Å²) in [6, 6.07) is 6.48. The molecule has 1 aromatic carbocycles. The summed E-state index contributed by atoms with van der Waals surface area (Å²) in [6.45, 7) is 5.97. The van der Waals surface area contributed by atoms with Gasteiger partial charge in [0.05, 0.1) is 11.1 Å². The Morgan fingerprint density at radius 2 is 1.93 bits per heavy atom. The van der Waals surface area contributed by atoms with Gasteiger partial charge in [0.2, 0.25) is 5.91 Å². The lowest BCUT2D eigenvalue weighted by atomic mass is 9.78. The summed E-state index contributed by atoms with van der Waals surface area (Å²) in [7, 11) is 2.04. The van der Waals surface area contributed by atoms with E-state index in [2.05, 4.69) is 14.5 Å². The lowest BCUT2D eigenvalue weighted by molar-refractivity contribution is -0.146. The monoisotopic (exact) mass is 370 g/mol. The summed E-state index contributed by atoms with van der Waals surface area (Å²) in [6.07, 6.45) is 4.85. The number of likely N-dealkylation sites (tertiary alicyclic amines) is 2. The van der Waals surface area contributed by atoms with Crippen LogP contribution in [0, 0.1) is 18.2 Å². The first-order valence-electron chi connectivity index (χ1n) is 9.70. The van der Waals surface area contributed by atoms with E-state index in [1.807, 2.05) is 25.1 Å². The van der Waals surface area contributed by atoms with Gasteiger partial charge in [-0.1, -0.05) is 12.1 Å². The molecule has 0 unspecified atom stereocenters. The van der Waals surface area contributed by atoms with Crippen LogP contribution in [-0.2, 0) is 24.9 Å². The topological polar surface area (TPSA) is 41.4 Å². The first-order chi connectivity index (χ1) is 13.0. The number of benzene rings is 1. The molecule has 144 valence electrons. The number of aryl methyl sites for hydroxylation is 1. The summed E-state index contributed by atoms with van der Waals surface area (Å²) in [4.78, 5) is 22.0. The van der Waals surface area contributed by atoms with Crippen molar-refractivity contribution < 1.29 is 9.18 Å². The van der Waals surface area contributed by atoms with Gasteiger partial charge in [0.15, 0.2) is 0 Å². The zero-order valence-electron chi connectivity index (χ0n) is 16.1. The predicted octanol–water partition coefficient (Wildman–Crippen LogP) is 2.88. The number of carbonyl (C=O) groups excluding carboxylic acids is 1. The molecule has 5 nitrogen and oxygen atoms in total. The molecule has 2 fully saturated rings. The lowest BCUT2D eigenvalue weighted by Crippen LogP contribution is -2.49. The van der Waals surface area contributed by atoms with Crippen molar-refractivity contribution in [3.05, 3.63) is 53.4 Å². The molecule has 2 aromatic rings. The van der Waals surface area contributed by atoms with E-state index in [0.29, 0.717) is 6.54 Å². The summed E-state index contributed by atoms with van der Waals surface area (Å²) in [5.74, 6) is 1.04. The fraction of sp³-hybridized carbons (Fsp3) is 0.524. The van der Waals surface area contributed by atoms with E-state index in [1.54, 1.807) is 12.1 Å². The van der Waals surface area contributed by atoms with Gasteiger partial charge in [-0.25, -0.2) is 9.37 Å². The molecule has 0 radical (unpaired) electrons. The second kappa shape index (κ2) is 7.08. The Morgan fingerprint density at radius 1 is 1.15 bits per heavy atom. The number of nitrogens with zero attached hydrogens (tertiary/aromatic N) is 4. The minimum Gasteiger partial charge on any atom is -0.338 e. The van der Waals surface area contributed by atoms with Crippen LogP contribution in [0.2, 0.25) is 0 Å². The molecule has 2 aliphatic rings. The van der Waals surface area contributed by atoms with Crippen LogP contribution in [0.25, 0.3) is 0 Å². The third-order valence-corrected chi connectivity index (χ3v) is 6.25. The number of aromatic nitrogens is 2. The third-order valence-electron chi connectivity index (χ3n) is 6.25. The molecule has 1 amide bonds. The molecule has 1 spiro atoms. The highest BCUT2D eigenvalue weighted by atomic mass is 19.1. The second-order valence-corrected chi connectivity index (χ2v) is 8.05. The van der Waals surface area contributed by atoms with Crippen molar-refractivity contribution in [2.75, 3.05) is 19.6 Å². The molecule has 6 heteroatoms. The van der Waals surface area contributed by atoms with Gasteiger partial charge < -0.3 is 9.47 Å². The molecule has 27 heavy (non-hydrogen) atoms. The molecule has 0 aliphatic carbocycles. The summed E-state index contributed by atoms with van der Waals surface area (Å²) >= 11 is 0. The Balaban J connectivity index is 1.44. The van der Waals surface area contributed by atoms with Crippen LogP contribution < -0.4 is 0 Å². The van der Waals surface area contributed by atoms with Gasteiger partial charge in [0.25, 0.3) is 0 Å². The average Bonchev–Trinajstić information content (AvgIpc) is 3.20. The minimum absolute atomic E-state index is 0.239. The van der Waals surface area contributed by atoms with Crippen molar-refractivity contribution in [2.45, 2.75) is 39.3 Å². The number of imidazole rings is 1. The van der Waals surface area contributed by atoms with Gasteiger partial charge >= 0.3 is 0 Å². The zero-order valence-corrected chi connectivity index (χ0v) is 16.1. The van der Waals surface area contributed by atoms with Crippen molar-refractivity contribution in [2.24, 2.45) is 12.5 Å². The van der Waals surface area contributed by atoms with E-state index < -0.39 is 0 Å². The maximum absolute atomic E-state index is 13.3. The van der Waals surface area contributed by atoms with Gasteiger partial charge in [-0.2, -0.15) is 0 Å². The van der Waals surface area contributed by atoms with E-state index in [9.17, 15) is 9.18 Å². The van der Waals surface area contributed by atoms with E-state index >= 15 is 0 Å². The molecular formula is C21H27FN4O. The van der Waals surface area contributed by atoms with Crippen LogP contribution in [0.15, 0.2) is 30.5 Å². The first-order valence-corrected chi connectivity index (χ1v) is 9.70. The van der Waals surface area contributed by atoms with E-state index in [4.69, 9.17) is 0 Å². The molecule has 0 N–H and O–H groups in total. The van der Waals surface area contributed by atoms with Gasteiger partial charge in [0.1, 0.15) is 11.6 Å². The molecule has 2 aliphatic heterocycles.